The smallest absolute Gasteiger partial charge is 0.340 e. The Balaban J connectivity index is 3.42. The highest BCUT2D eigenvalue weighted by atomic mass is 127. The second kappa shape index (κ2) is 4.75. The molecule has 0 saturated carbocycles. The first-order chi connectivity index (χ1) is 6.60. The van der Waals surface area contributed by atoms with E-state index >= 15 is 0 Å². The zero-order valence-electron chi connectivity index (χ0n) is 7.17. The Morgan fingerprint density at radius 2 is 2.29 bits per heavy atom. The van der Waals surface area contributed by atoms with Crippen LogP contribution in [-0.4, -0.2) is 13.1 Å². The number of methoxy groups -OCH3 is 1. The molecule has 72 valence electrons. The first kappa shape index (κ1) is 11.5. The Labute approximate surface area is 103 Å². The van der Waals surface area contributed by atoms with Crippen LogP contribution in [0.15, 0.2) is 16.6 Å². The molecule has 5 heteroatoms. The predicted octanol–water partition coefficient (Wildman–Crippen LogP) is 2.71. The molecule has 1 aromatic rings. The van der Waals surface area contributed by atoms with Gasteiger partial charge in [0.2, 0.25) is 0 Å². The summed E-state index contributed by atoms with van der Waals surface area (Å²) in [6, 6.07) is 5.35. The monoisotopic (exact) mass is 365 g/mol. The number of rotatable bonds is 1. The molecule has 0 aliphatic heterocycles. The molecule has 0 heterocycles. The number of benzene rings is 1. The lowest BCUT2D eigenvalue weighted by molar-refractivity contribution is 0.0599. The fraction of sp³-hybridized carbons (Fsp3) is 0.111. The zero-order valence-corrected chi connectivity index (χ0v) is 10.9. The molecule has 0 aromatic heterocycles. The van der Waals surface area contributed by atoms with Gasteiger partial charge in [-0.25, -0.2) is 4.79 Å². The zero-order chi connectivity index (χ0) is 10.7. The van der Waals surface area contributed by atoms with Gasteiger partial charge in [-0.15, -0.1) is 0 Å². The first-order valence-electron chi connectivity index (χ1n) is 3.57. The minimum absolute atomic E-state index is 0.274. The number of nitriles is 1. The number of halogens is 2. The summed E-state index contributed by atoms with van der Waals surface area (Å²) >= 11 is 5.30. The third-order valence-electron chi connectivity index (χ3n) is 1.56. The number of carbonyl (C=O) groups is 1. The van der Waals surface area contributed by atoms with Crippen molar-refractivity contribution in [2.45, 2.75) is 0 Å². The number of ether oxygens (including phenoxy) is 1. The van der Waals surface area contributed by atoms with Crippen LogP contribution in [0.3, 0.4) is 0 Å². The van der Waals surface area contributed by atoms with Crippen molar-refractivity contribution in [1.29, 1.82) is 5.26 Å². The molecule has 14 heavy (non-hydrogen) atoms. The van der Waals surface area contributed by atoms with Crippen molar-refractivity contribution in [2.75, 3.05) is 7.11 Å². The highest BCUT2D eigenvalue weighted by Gasteiger charge is 2.16. The summed E-state index contributed by atoms with van der Waals surface area (Å²) < 4.78 is 6.04. The molecule has 0 fully saturated rings. The normalized spacial score (nSPS) is 9.29. The fourth-order valence-corrected chi connectivity index (χ4v) is 2.64. The molecule has 0 amide bonds. The highest BCUT2D eigenvalue weighted by Crippen LogP contribution is 2.24. The SMILES string of the molecule is COC(=O)c1c(Br)cc(I)cc1C#N. The lowest BCUT2D eigenvalue weighted by atomic mass is 10.1. The third-order valence-corrected chi connectivity index (χ3v) is 2.81. The van der Waals surface area contributed by atoms with Crippen LogP contribution in [0.25, 0.3) is 0 Å². The molecular formula is C9H5BrINO2. The Morgan fingerprint density at radius 3 is 2.79 bits per heavy atom. The van der Waals surface area contributed by atoms with E-state index in [0.29, 0.717) is 10.0 Å². The van der Waals surface area contributed by atoms with Crippen LogP contribution in [0.1, 0.15) is 15.9 Å². The summed E-state index contributed by atoms with van der Waals surface area (Å²) in [6.45, 7) is 0. The Kier molecular flexibility index (Phi) is 3.89. The fourth-order valence-electron chi connectivity index (χ4n) is 0.971. The van der Waals surface area contributed by atoms with Crippen molar-refractivity contribution < 1.29 is 9.53 Å². The molecule has 3 nitrogen and oxygen atoms in total. The highest BCUT2D eigenvalue weighted by molar-refractivity contribution is 14.1. The van der Waals surface area contributed by atoms with Crippen LogP contribution in [-0.2, 0) is 4.74 Å². The summed E-state index contributed by atoms with van der Waals surface area (Å²) in [4.78, 5) is 11.3. The van der Waals surface area contributed by atoms with Crippen LogP contribution in [0.4, 0.5) is 0 Å². The minimum Gasteiger partial charge on any atom is -0.465 e. The quantitative estimate of drug-likeness (QED) is 0.568. The molecule has 0 atom stereocenters. The van der Waals surface area contributed by atoms with Crippen molar-refractivity contribution in [3.8, 4) is 6.07 Å². The molecule has 0 aliphatic carbocycles. The van der Waals surface area contributed by atoms with Gasteiger partial charge >= 0.3 is 5.97 Å². The molecular weight excluding hydrogens is 361 g/mol. The van der Waals surface area contributed by atoms with E-state index in [1.165, 1.54) is 7.11 Å². The molecule has 0 spiro atoms. The van der Waals surface area contributed by atoms with Gasteiger partial charge in [0.05, 0.1) is 18.2 Å². The van der Waals surface area contributed by atoms with E-state index in [9.17, 15) is 4.79 Å². The maximum atomic E-state index is 11.3. The number of hydrogen-bond donors (Lipinski definition) is 0. The number of carbonyl (C=O) groups excluding carboxylic acids is 1. The van der Waals surface area contributed by atoms with Gasteiger partial charge in [-0.3, -0.25) is 0 Å². The first-order valence-corrected chi connectivity index (χ1v) is 5.44. The maximum absolute atomic E-state index is 11.3. The van der Waals surface area contributed by atoms with Crippen molar-refractivity contribution in [3.63, 3.8) is 0 Å². The second-order valence-corrected chi connectivity index (χ2v) is 4.51. The molecule has 0 radical (unpaired) electrons. The largest absolute Gasteiger partial charge is 0.465 e. The van der Waals surface area contributed by atoms with Crippen molar-refractivity contribution >= 4 is 44.5 Å². The standard InChI is InChI=1S/C9H5BrINO2/c1-14-9(13)8-5(4-12)2-6(11)3-7(8)10/h2-3H,1H3. The lowest BCUT2D eigenvalue weighted by Crippen LogP contribution is -2.05. The van der Waals surface area contributed by atoms with Crippen LogP contribution in [0.2, 0.25) is 0 Å². The van der Waals surface area contributed by atoms with Crippen molar-refractivity contribution in [3.05, 3.63) is 31.3 Å². The molecule has 1 aromatic carbocycles. The average molecular weight is 366 g/mol. The van der Waals surface area contributed by atoms with E-state index < -0.39 is 5.97 Å². The van der Waals surface area contributed by atoms with E-state index in [1.807, 2.05) is 6.07 Å². The topological polar surface area (TPSA) is 50.1 Å². The lowest BCUT2D eigenvalue weighted by Gasteiger charge is -2.04. The Bertz CT molecular complexity index is 426. The molecule has 0 aliphatic rings. The number of nitrogens with zero attached hydrogens (tertiary/aromatic N) is 1. The Hall–Kier alpha value is -0.610. The summed E-state index contributed by atoms with van der Waals surface area (Å²) in [7, 11) is 1.29. The van der Waals surface area contributed by atoms with Gasteiger partial charge < -0.3 is 4.74 Å². The molecule has 0 bridgehead atoms. The van der Waals surface area contributed by atoms with Crippen molar-refractivity contribution in [1.82, 2.24) is 0 Å². The van der Waals surface area contributed by atoms with Gasteiger partial charge in [-0.1, -0.05) is 0 Å². The van der Waals surface area contributed by atoms with Gasteiger partial charge in [0, 0.05) is 8.04 Å². The summed E-state index contributed by atoms with van der Waals surface area (Å²) in [6.07, 6.45) is 0. The summed E-state index contributed by atoms with van der Waals surface area (Å²) in [5.74, 6) is -0.509. The molecule has 0 unspecified atom stereocenters. The Morgan fingerprint density at radius 1 is 1.64 bits per heavy atom. The van der Waals surface area contributed by atoms with Gasteiger partial charge in [0.1, 0.15) is 6.07 Å². The number of hydrogen-bond acceptors (Lipinski definition) is 3. The number of esters is 1. The molecule has 0 saturated heterocycles. The van der Waals surface area contributed by atoms with E-state index in [1.54, 1.807) is 12.1 Å². The summed E-state index contributed by atoms with van der Waals surface area (Å²) in [5.41, 5.74) is 0.589. The van der Waals surface area contributed by atoms with E-state index in [0.717, 1.165) is 3.57 Å². The van der Waals surface area contributed by atoms with Crippen LogP contribution in [0, 0.1) is 14.9 Å². The predicted molar refractivity (Wildman–Crippen MR) is 62.9 cm³/mol. The van der Waals surface area contributed by atoms with Crippen LogP contribution in [0.5, 0.6) is 0 Å². The van der Waals surface area contributed by atoms with Gasteiger partial charge in [-0.2, -0.15) is 5.26 Å². The average Bonchev–Trinajstić information content (AvgIpc) is 2.15. The third kappa shape index (κ3) is 2.25. The van der Waals surface area contributed by atoms with Crippen molar-refractivity contribution in [2.24, 2.45) is 0 Å². The van der Waals surface area contributed by atoms with E-state index in [4.69, 9.17) is 5.26 Å². The summed E-state index contributed by atoms with van der Waals surface area (Å²) in [5, 5.41) is 8.83. The van der Waals surface area contributed by atoms with Crippen LogP contribution < -0.4 is 0 Å². The maximum Gasteiger partial charge on any atom is 0.340 e. The van der Waals surface area contributed by atoms with Gasteiger partial charge in [0.15, 0.2) is 0 Å². The van der Waals surface area contributed by atoms with Gasteiger partial charge in [0.25, 0.3) is 0 Å². The molecule has 1 rings (SSSR count). The van der Waals surface area contributed by atoms with E-state index in [2.05, 4.69) is 43.3 Å². The van der Waals surface area contributed by atoms with Gasteiger partial charge in [-0.05, 0) is 50.7 Å². The van der Waals surface area contributed by atoms with E-state index in [-0.39, 0.29) is 5.56 Å². The second-order valence-electron chi connectivity index (χ2n) is 2.41. The molecule has 0 N–H and O–H groups in total. The minimum atomic E-state index is -0.509. The van der Waals surface area contributed by atoms with Crippen LogP contribution >= 0.6 is 38.5 Å².